The minimum atomic E-state index is -0.564. The van der Waals surface area contributed by atoms with Crippen LogP contribution in [0.1, 0.15) is 39.5 Å². The Bertz CT molecular complexity index is 259. The van der Waals surface area contributed by atoms with Gasteiger partial charge in [-0.05, 0) is 33.1 Å². The molecule has 0 bridgehead atoms. The summed E-state index contributed by atoms with van der Waals surface area (Å²) in [6.07, 6.45) is 9.02. The fourth-order valence-corrected chi connectivity index (χ4v) is 1.61. The molecule has 1 heterocycles. The van der Waals surface area contributed by atoms with Gasteiger partial charge in [-0.3, -0.25) is 4.79 Å². The number of hydrogen-bond donors (Lipinski definition) is 1. The van der Waals surface area contributed by atoms with Gasteiger partial charge in [-0.25, -0.2) is 0 Å². The molecule has 1 atom stereocenters. The molecule has 1 N–H and O–H groups in total. The lowest BCUT2D eigenvalue weighted by Gasteiger charge is -2.24. The molecule has 84 valence electrons. The van der Waals surface area contributed by atoms with Crippen LogP contribution in [0.25, 0.3) is 0 Å². The first-order valence-corrected chi connectivity index (χ1v) is 5.44. The van der Waals surface area contributed by atoms with Crippen molar-refractivity contribution < 1.29 is 9.53 Å². The van der Waals surface area contributed by atoms with E-state index in [0.29, 0.717) is 6.42 Å². The molecule has 1 aliphatic rings. The van der Waals surface area contributed by atoms with Crippen LogP contribution in [0.2, 0.25) is 0 Å². The number of ether oxygens (including phenoxy) is 1. The van der Waals surface area contributed by atoms with Crippen LogP contribution in [0.4, 0.5) is 0 Å². The predicted molar refractivity (Wildman–Crippen MR) is 59.3 cm³/mol. The highest BCUT2D eigenvalue weighted by Gasteiger charge is 2.21. The monoisotopic (exact) mass is 209 g/mol. The molecule has 0 aromatic heterocycles. The summed E-state index contributed by atoms with van der Waals surface area (Å²) in [6, 6.07) is 0. The number of amides is 1. The molecule has 1 unspecified atom stereocenters. The van der Waals surface area contributed by atoms with Crippen LogP contribution < -0.4 is 5.32 Å². The molecule has 1 aliphatic heterocycles. The zero-order valence-electron chi connectivity index (χ0n) is 9.51. The van der Waals surface area contributed by atoms with Crippen LogP contribution in [0.15, 0.2) is 0 Å². The van der Waals surface area contributed by atoms with E-state index in [2.05, 4.69) is 11.2 Å². The third-order valence-corrected chi connectivity index (χ3v) is 2.50. The quantitative estimate of drug-likeness (QED) is 0.715. The first-order valence-electron chi connectivity index (χ1n) is 5.44. The van der Waals surface area contributed by atoms with Crippen molar-refractivity contribution in [1.29, 1.82) is 0 Å². The molecule has 3 nitrogen and oxygen atoms in total. The maximum atomic E-state index is 11.6. The van der Waals surface area contributed by atoms with Crippen molar-refractivity contribution in [3.05, 3.63) is 0 Å². The van der Waals surface area contributed by atoms with Crippen LogP contribution in [-0.4, -0.2) is 24.2 Å². The van der Waals surface area contributed by atoms with Crippen molar-refractivity contribution in [3.63, 3.8) is 0 Å². The molecule has 1 rings (SSSR count). The summed E-state index contributed by atoms with van der Waals surface area (Å²) < 4.78 is 5.48. The van der Waals surface area contributed by atoms with E-state index in [9.17, 15) is 4.79 Å². The normalized spacial score (nSPS) is 21.8. The third-order valence-electron chi connectivity index (χ3n) is 2.50. The maximum Gasteiger partial charge on any atom is 0.223 e. The molecular weight excluding hydrogens is 190 g/mol. The van der Waals surface area contributed by atoms with Crippen molar-refractivity contribution in [1.82, 2.24) is 5.32 Å². The molecular formula is C12H19NO2. The zero-order valence-corrected chi connectivity index (χ0v) is 9.51. The van der Waals surface area contributed by atoms with Crippen LogP contribution >= 0.6 is 0 Å². The Labute approximate surface area is 91.6 Å². The molecule has 1 fully saturated rings. The standard InChI is InChI=1S/C12H19NO2/c1-4-12(2,3)13-11(14)9-10-7-5-6-8-15-10/h1,10H,5-9H2,2-3H3,(H,13,14). The van der Waals surface area contributed by atoms with E-state index in [1.165, 1.54) is 0 Å². The molecule has 0 spiro atoms. The zero-order chi connectivity index (χ0) is 11.3. The summed E-state index contributed by atoms with van der Waals surface area (Å²) in [5.74, 6) is 2.51. The lowest BCUT2D eigenvalue weighted by Crippen LogP contribution is -2.43. The largest absolute Gasteiger partial charge is 0.378 e. The average molecular weight is 209 g/mol. The smallest absolute Gasteiger partial charge is 0.223 e. The predicted octanol–water partition coefficient (Wildman–Crippen LogP) is 1.47. The molecule has 0 aromatic rings. The lowest BCUT2D eigenvalue weighted by molar-refractivity contribution is -0.125. The topological polar surface area (TPSA) is 38.3 Å². The Kier molecular flexibility index (Phi) is 4.16. The Morgan fingerprint density at radius 1 is 1.60 bits per heavy atom. The highest BCUT2D eigenvalue weighted by molar-refractivity contribution is 5.77. The van der Waals surface area contributed by atoms with Crippen molar-refractivity contribution in [2.45, 2.75) is 51.2 Å². The van der Waals surface area contributed by atoms with E-state index >= 15 is 0 Å². The Morgan fingerprint density at radius 2 is 2.33 bits per heavy atom. The molecule has 0 radical (unpaired) electrons. The molecule has 3 heteroatoms. The molecule has 0 aromatic carbocycles. The van der Waals surface area contributed by atoms with Crippen LogP contribution in [0.5, 0.6) is 0 Å². The Balaban J connectivity index is 2.32. The van der Waals surface area contributed by atoms with Gasteiger partial charge < -0.3 is 10.1 Å². The summed E-state index contributed by atoms with van der Waals surface area (Å²) >= 11 is 0. The van der Waals surface area contributed by atoms with Gasteiger partial charge in [0, 0.05) is 6.61 Å². The number of terminal acetylenes is 1. The van der Waals surface area contributed by atoms with Gasteiger partial charge >= 0.3 is 0 Å². The SMILES string of the molecule is C#CC(C)(C)NC(=O)CC1CCCCO1. The van der Waals surface area contributed by atoms with Crippen molar-refractivity contribution in [2.24, 2.45) is 0 Å². The first kappa shape index (κ1) is 12.1. The highest BCUT2D eigenvalue weighted by atomic mass is 16.5. The maximum absolute atomic E-state index is 11.6. The second-order valence-electron chi connectivity index (χ2n) is 4.51. The van der Waals surface area contributed by atoms with Gasteiger partial charge in [0.25, 0.3) is 0 Å². The Morgan fingerprint density at radius 3 is 2.87 bits per heavy atom. The van der Waals surface area contributed by atoms with Crippen molar-refractivity contribution in [2.75, 3.05) is 6.61 Å². The third kappa shape index (κ3) is 4.35. The van der Waals surface area contributed by atoms with E-state index in [-0.39, 0.29) is 12.0 Å². The van der Waals surface area contributed by atoms with Crippen LogP contribution in [0, 0.1) is 12.3 Å². The first-order chi connectivity index (χ1) is 7.03. The second-order valence-corrected chi connectivity index (χ2v) is 4.51. The molecule has 15 heavy (non-hydrogen) atoms. The molecule has 1 amide bonds. The summed E-state index contributed by atoms with van der Waals surface area (Å²) in [7, 11) is 0. The van der Waals surface area contributed by atoms with E-state index in [4.69, 9.17) is 11.2 Å². The minimum Gasteiger partial charge on any atom is -0.378 e. The molecule has 0 aliphatic carbocycles. The van der Waals surface area contributed by atoms with Gasteiger partial charge in [0.2, 0.25) is 5.91 Å². The number of carbonyl (C=O) groups excluding carboxylic acids is 1. The van der Waals surface area contributed by atoms with Crippen molar-refractivity contribution >= 4 is 5.91 Å². The van der Waals surface area contributed by atoms with E-state index < -0.39 is 5.54 Å². The van der Waals surface area contributed by atoms with Gasteiger partial charge in [0.1, 0.15) is 0 Å². The van der Waals surface area contributed by atoms with Gasteiger partial charge in [0.15, 0.2) is 0 Å². The van der Waals surface area contributed by atoms with Crippen LogP contribution in [-0.2, 0) is 9.53 Å². The summed E-state index contributed by atoms with van der Waals surface area (Å²) in [5, 5.41) is 2.80. The van der Waals surface area contributed by atoms with Crippen LogP contribution in [0.3, 0.4) is 0 Å². The number of carbonyl (C=O) groups is 1. The number of nitrogens with one attached hydrogen (secondary N) is 1. The molecule has 0 saturated carbocycles. The Hall–Kier alpha value is -1.01. The summed E-state index contributed by atoms with van der Waals surface area (Å²) in [4.78, 5) is 11.6. The summed E-state index contributed by atoms with van der Waals surface area (Å²) in [5.41, 5.74) is -0.564. The van der Waals surface area contributed by atoms with Gasteiger partial charge in [0.05, 0.1) is 18.1 Å². The highest BCUT2D eigenvalue weighted by Crippen LogP contribution is 2.15. The number of rotatable bonds is 3. The van der Waals surface area contributed by atoms with E-state index in [0.717, 1.165) is 25.9 Å². The van der Waals surface area contributed by atoms with Gasteiger partial charge in [-0.15, -0.1) is 6.42 Å². The second kappa shape index (κ2) is 5.18. The van der Waals surface area contributed by atoms with E-state index in [1.54, 1.807) is 0 Å². The fraction of sp³-hybridized carbons (Fsp3) is 0.750. The van der Waals surface area contributed by atoms with Crippen molar-refractivity contribution in [3.8, 4) is 12.3 Å². The lowest BCUT2D eigenvalue weighted by atomic mass is 10.0. The van der Waals surface area contributed by atoms with Gasteiger partial charge in [-0.1, -0.05) is 5.92 Å². The fourth-order valence-electron chi connectivity index (χ4n) is 1.61. The molecule has 1 saturated heterocycles. The minimum absolute atomic E-state index is 0.0233. The van der Waals surface area contributed by atoms with Gasteiger partial charge in [-0.2, -0.15) is 0 Å². The van der Waals surface area contributed by atoms with E-state index in [1.807, 2.05) is 13.8 Å². The number of hydrogen-bond acceptors (Lipinski definition) is 2. The average Bonchev–Trinajstić information content (AvgIpc) is 2.18. The summed E-state index contributed by atoms with van der Waals surface area (Å²) in [6.45, 7) is 4.40.